The number of ether oxygens (including phenoxy) is 1. The number of carbonyl (C=O) groups excluding carboxylic acids is 1. The fourth-order valence-electron chi connectivity index (χ4n) is 5.57. The number of nitrogens with zero attached hydrogens (tertiary/aromatic N) is 4. The number of methoxy groups -OCH3 is 1. The second-order valence-corrected chi connectivity index (χ2v) is 13.0. The van der Waals surface area contributed by atoms with Crippen molar-refractivity contribution < 1.29 is 13.9 Å². The zero-order valence-electron chi connectivity index (χ0n) is 25.4. The molecular formula is C33H44N4O3S. The molecule has 0 spiro atoms. The minimum atomic E-state index is -0.0247. The van der Waals surface area contributed by atoms with Crippen LogP contribution in [0.5, 0.6) is 5.75 Å². The number of benzene rings is 2. The van der Waals surface area contributed by atoms with E-state index in [2.05, 4.69) is 78.4 Å². The van der Waals surface area contributed by atoms with E-state index in [1.165, 1.54) is 40.8 Å². The molecule has 41 heavy (non-hydrogen) atoms. The van der Waals surface area contributed by atoms with Crippen molar-refractivity contribution in [3.8, 4) is 5.75 Å². The van der Waals surface area contributed by atoms with Gasteiger partial charge in [-0.2, -0.15) is 0 Å². The number of likely N-dealkylation sites (N-methyl/N-ethyl adjacent to an activating group) is 1. The molecule has 2 heterocycles. The van der Waals surface area contributed by atoms with Crippen LogP contribution in [0.25, 0.3) is 0 Å². The Morgan fingerprint density at radius 2 is 1.66 bits per heavy atom. The molecule has 3 aromatic rings. The fourth-order valence-corrected chi connectivity index (χ4v) is 6.76. The molecular weight excluding hydrogens is 532 g/mol. The molecule has 1 atom stereocenters. The van der Waals surface area contributed by atoms with Gasteiger partial charge < -0.3 is 19.0 Å². The van der Waals surface area contributed by atoms with Gasteiger partial charge in [0.2, 0.25) is 0 Å². The third kappa shape index (κ3) is 7.55. The van der Waals surface area contributed by atoms with Gasteiger partial charge in [0, 0.05) is 50.2 Å². The smallest absolute Gasteiger partial charge is 0.257 e. The maximum absolute atomic E-state index is 13.2. The summed E-state index contributed by atoms with van der Waals surface area (Å²) < 4.78 is 13.7. The van der Waals surface area contributed by atoms with Gasteiger partial charge in [0.15, 0.2) is 0 Å². The molecule has 220 valence electrons. The average Bonchev–Trinajstić information content (AvgIpc) is 3.51. The van der Waals surface area contributed by atoms with Crippen molar-refractivity contribution in [2.45, 2.75) is 69.7 Å². The van der Waals surface area contributed by atoms with E-state index in [4.69, 9.17) is 9.15 Å². The largest absolute Gasteiger partial charge is 0.497 e. The lowest BCUT2D eigenvalue weighted by molar-refractivity contribution is 0.0784. The molecule has 1 aliphatic carbocycles. The SMILES string of the molecule is COc1cc(C)c(SN(Cc2cc(C(=O)N(C)Cc3ccc(CN4CCC(N(C)C)C4)cc3)co2)C2CC2)c(C)c1. The van der Waals surface area contributed by atoms with Crippen LogP contribution < -0.4 is 4.74 Å². The highest BCUT2D eigenvalue weighted by molar-refractivity contribution is 7.97. The first-order valence-electron chi connectivity index (χ1n) is 14.6. The third-order valence-corrected chi connectivity index (χ3v) is 9.71. The van der Waals surface area contributed by atoms with E-state index < -0.39 is 0 Å². The van der Waals surface area contributed by atoms with Crippen molar-refractivity contribution in [2.75, 3.05) is 41.3 Å². The van der Waals surface area contributed by atoms with Crippen molar-refractivity contribution in [1.29, 1.82) is 0 Å². The molecule has 1 unspecified atom stereocenters. The maximum atomic E-state index is 13.2. The van der Waals surface area contributed by atoms with Crippen molar-refractivity contribution in [3.05, 3.63) is 82.3 Å². The van der Waals surface area contributed by atoms with E-state index in [0.29, 0.717) is 30.7 Å². The van der Waals surface area contributed by atoms with Crippen LogP contribution in [0, 0.1) is 13.8 Å². The van der Waals surface area contributed by atoms with Crippen LogP contribution in [-0.4, -0.2) is 78.3 Å². The number of carbonyl (C=O) groups is 1. The van der Waals surface area contributed by atoms with Gasteiger partial charge in [0.05, 0.1) is 19.2 Å². The second kappa shape index (κ2) is 13.0. The van der Waals surface area contributed by atoms with Gasteiger partial charge in [-0.3, -0.25) is 9.69 Å². The van der Waals surface area contributed by atoms with Gasteiger partial charge in [0.25, 0.3) is 5.91 Å². The molecule has 0 radical (unpaired) electrons. The molecule has 1 saturated heterocycles. The Kier molecular flexibility index (Phi) is 9.44. The van der Waals surface area contributed by atoms with Crippen LogP contribution in [0.3, 0.4) is 0 Å². The quantitative estimate of drug-likeness (QED) is 0.246. The predicted molar refractivity (Wildman–Crippen MR) is 165 cm³/mol. The van der Waals surface area contributed by atoms with Gasteiger partial charge in [0.1, 0.15) is 17.8 Å². The van der Waals surface area contributed by atoms with Crippen molar-refractivity contribution >= 4 is 17.9 Å². The molecule has 0 bridgehead atoms. The molecule has 1 aromatic heterocycles. The molecule has 8 heteroatoms. The number of aryl methyl sites for hydroxylation is 2. The van der Waals surface area contributed by atoms with Gasteiger partial charge in [-0.05, 0) is 99.6 Å². The molecule has 2 aromatic carbocycles. The van der Waals surface area contributed by atoms with Crippen LogP contribution in [0.15, 0.2) is 58.0 Å². The maximum Gasteiger partial charge on any atom is 0.257 e. The Morgan fingerprint density at radius 3 is 2.27 bits per heavy atom. The summed E-state index contributed by atoms with van der Waals surface area (Å²) in [7, 11) is 7.89. The topological polar surface area (TPSA) is 52.4 Å². The van der Waals surface area contributed by atoms with Crippen LogP contribution in [0.2, 0.25) is 0 Å². The summed E-state index contributed by atoms with van der Waals surface area (Å²) in [6.45, 7) is 8.72. The Bertz CT molecular complexity index is 1310. The highest BCUT2D eigenvalue weighted by Gasteiger charge is 2.32. The normalized spacial score (nSPS) is 17.5. The number of hydrogen-bond acceptors (Lipinski definition) is 7. The summed E-state index contributed by atoms with van der Waals surface area (Å²) in [6, 6.07) is 15.9. The standard InChI is InChI=1S/C33H44N4O3S/c1-23-15-30(39-6)16-24(2)32(23)41-37(28-11-12-28)21-31-17-27(22-40-31)33(38)35(5)18-25-7-9-26(10-8-25)19-36-14-13-29(20-36)34(3)4/h7-10,15-17,22,28-29H,11-14,18-21H2,1-6H3. The van der Waals surface area contributed by atoms with E-state index in [-0.39, 0.29) is 5.91 Å². The van der Waals surface area contributed by atoms with Crippen molar-refractivity contribution in [2.24, 2.45) is 0 Å². The van der Waals surface area contributed by atoms with E-state index in [1.54, 1.807) is 30.2 Å². The van der Waals surface area contributed by atoms with Crippen LogP contribution >= 0.6 is 11.9 Å². The lowest BCUT2D eigenvalue weighted by atomic mass is 10.1. The number of likely N-dealkylation sites (tertiary alicyclic amines) is 1. The summed E-state index contributed by atoms with van der Waals surface area (Å²) in [6.07, 6.45) is 5.20. The fraction of sp³-hybridized carbons (Fsp3) is 0.485. The Hall–Kier alpha value is -2.78. The summed E-state index contributed by atoms with van der Waals surface area (Å²) in [4.78, 5) is 21.1. The Labute approximate surface area is 249 Å². The first kappa shape index (κ1) is 29.7. The van der Waals surface area contributed by atoms with Gasteiger partial charge in [-0.25, -0.2) is 4.31 Å². The van der Waals surface area contributed by atoms with Gasteiger partial charge in [-0.15, -0.1) is 0 Å². The predicted octanol–water partition coefficient (Wildman–Crippen LogP) is 5.98. The highest BCUT2D eigenvalue weighted by Crippen LogP contribution is 2.40. The van der Waals surface area contributed by atoms with E-state index in [0.717, 1.165) is 36.7 Å². The van der Waals surface area contributed by atoms with E-state index in [1.807, 2.05) is 13.1 Å². The summed E-state index contributed by atoms with van der Waals surface area (Å²) in [5.41, 5.74) is 5.45. The molecule has 2 fully saturated rings. The molecule has 1 amide bonds. The minimum Gasteiger partial charge on any atom is -0.497 e. The first-order chi connectivity index (χ1) is 19.7. The number of furan rings is 1. The lowest BCUT2D eigenvalue weighted by Crippen LogP contribution is -2.31. The van der Waals surface area contributed by atoms with Crippen molar-refractivity contribution in [3.63, 3.8) is 0 Å². The first-order valence-corrected chi connectivity index (χ1v) is 15.4. The molecule has 5 rings (SSSR count). The second-order valence-electron chi connectivity index (χ2n) is 11.9. The van der Waals surface area contributed by atoms with E-state index >= 15 is 0 Å². The van der Waals surface area contributed by atoms with Crippen LogP contribution in [-0.2, 0) is 19.6 Å². The minimum absolute atomic E-state index is 0.0247. The van der Waals surface area contributed by atoms with Gasteiger partial charge in [-0.1, -0.05) is 24.3 Å². The summed E-state index contributed by atoms with van der Waals surface area (Å²) in [5, 5.41) is 0. The molecule has 7 nitrogen and oxygen atoms in total. The Morgan fingerprint density at radius 1 is 0.976 bits per heavy atom. The zero-order chi connectivity index (χ0) is 29.1. The number of amides is 1. The number of rotatable bonds is 12. The van der Waals surface area contributed by atoms with Crippen LogP contribution in [0.4, 0.5) is 0 Å². The summed E-state index contributed by atoms with van der Waals surface area (Å²) in [5.74, 6) is 1.67. The van der Waals surface area contributed by atoms with Gasteiger partial charge >= 0.3 is 0 Å². The number of hydrogen-bond donors (Lipinski definition) is 0. The zero-order valence-corrected chi connectivity index (χ0v) is 26.2. The van der Waals surface area contributed by atoms with E-state index in [9.17, 15) is 4.79 Å². The lowest BCUT2D eigenvalue weighted by Gasteiger charge is -2.22. The van der Waals surface area contributed by atoms with Crippen molar-refractivity contribution in [1.82, 2.24) is 19.0 Å². The monoisotopic (exact) mass is 576 g/mol. The molecule has 2 aliphatic rings. The Balaban J connectivity index is 1.16. The van der Waals surface area contributed by atoms with Crippen LogP contribution in [0.1, 0.15) is 57.6 Å². The average molecular weight is 577 g/mol. The highest BCUT2D eigenvalue weighted by atomic mass is 32.2. The molecule has 1 aliphatic heterocycles. The third-order valence-electron chi connectivity index (χ3n) is 8.22. The summed E-state index contributed by atoms with van der Waals surface area (Å²) >= 11 is 1.78. The molecule has 0 N–H and O–H groups in total. The molecule has 1 saturated carbocycles.